The first-order valence-electron chi connectivity index (χ1n) is 7.33. The van der Waals surface area contributed by atoms with Crippen molar-refractivity contribution < 1.29 is 13.2 Å². The summed E-state index contributed by atoms with van der Waals surface area (Å²) in [5.41, 5.74) is -1.26. The van der Waals surface area contributed by atoms with Crippen LogP contribution in [0.25, 0.3) is 5.69 Å². The minimum absolute atomic E-state index is 0.00521. The van der Waals surface area contributed by atoms with E-state index >= 15 is 0 Å². The molecule has 0 aliphatic carbocycles. The van der Waals surface area contributed by atoms with Gasteiger partial charge in [0, 0.05) is 19.4 Å². The predicted octanol–water partition coefficient (Wildman–Crippen LogP) is 4.03. The number of aromatic nitrogens is 3. The SMILES string of the molecule is CNc1cnn(-c2cccc(C(F)(F)F)c2)c(=O)c1Cl.c1ccncc1. The number of hydrogen-bond acceptors (Lipinski definition) is 4. The lowest BCUT2D eigenvalue weighted by Gasteiger charge is -2.10. The van der Waals surface area contributed by atoms with Gasteiger partial charge in [0.2, 0.25) is 0 Å². The molecule has 0 amide bonds. The van der Waals surface area contributed by atoms with E-state index in [4.69, 9.17) is 11.6 Å². The summed E-state index contributed by atoms with van der Waals surface area (Å²) in [5.74, 6) is 0. The van der Waals surface area contributed by atoms with Crippen molar-refractivity contribution in [2.45, 2.75) is 6.18 Å². The second-order valence-corrected chi connectivity index (χ2v) is 5.29. The van der Waals surface area contributed by atoms with E-state index in [1.54, 1.807) is 19.4 Å². The van der Waals surface area contributed by atoms with Crippen LogP contribution in [0.2, 0.25) is 5.02 Å². The average Bonchev–Trinajstić information content (AvgIpc) is 2.65. The number of nitrogens with one attached hydrogen (secondary N) is 1. The highest BCUT2D eigenvalue weighted by Gasteiger charge is 2.30. The third kappa shape index (κ3) is 4.82. The van der Waals surface area contributed by atoms with Crippen LogP contribution in [0.4, 0.5) is 18.9 Å². The van der Waals surface area contributed by atoms with Gasteiger partial charge in [-0.3, -0.25) is 9.78 Å². The number of rotatable bonds is 2. The number of nitrogens with zero attached hydrogens (tertiary/aromatic N) is 3. The zero-order valence-electron chi connectivity index (χ0n) is 13.5. The maximum Gasteiger partial charge on any atom is 0.416 e. The van der Waals surface area contributed by atoms with E-state index in [0.717, 1.165) is 16.8 Å². The standard InChI is InChI=1S/C12H9ClF3N3O.C5H5N/c1-17-9-6-18-19(11(20)10(9)13)8-4-2-3-7(5-8)12(14,15)16;1-2-4-6-5-3-1/h2-6,17H,1H3;1-5H. The van der Waals surface area contributed by atoms with Crippen LogP contribution in [0.5, 0.6) is 0 Å². The molecule has 1 aromatic carbocycles. The number of benzene rings is 1. The summed E-state index contributed by atoms with van der Waals surface area (Å²) in [5, 5.41) is 6.32. The molecule has 136 valence electrons. The summed E-state index contributed by atoms with van der Waals surface area (Å²) in [6.07, 6.45) is 0.276. The molecule has 0 fully saturated rings. The molecule has 0 radical (unpaired) electrons. The topological polar surface area (TPSA) is 59.8 Å². The quantitative estimate of drug-likeness (QED) is 0.727. The van der Waals surface area contributed by atoms with Crippen LogP contribution in [0.15, 0.2) is 65.8 Å². The molecule has 3 rings (SSSR count). The van der Waals surface area contributed by atoms with Gasteiger partial charge in [-0.25, -0.2) is 0 Å². The first-order valence-corrected chi connectivity index (χ1v) is 7.70. The molecule has 0 bridgehead atoms. The zero-order valence-corrected chi connectivity index (χ0v) is 14.3. The van der Waals surface area contributed by atoms with Gasteiger partial charge >= 0.3 is 6.18 Å². The second kappa shape index (κ2) is 8.48. The van der Waals surface area contributed by atoms with Crippen molar-refractivity contribution in [1.29, 1.82) is 0 Å². The maximum atomic E-state index is 12.6. The Balaban J connectivity index is 0.000000342. The molecule has 0 aliphatic rings. The number of alkyl halides is 3. The molecule has 2 aromatic heterocycles. The lowest BCUT2D eigenvalue weighted by Crippen LogP contribution is -2.22. The normalized spacial score (nSPS) is 10.7. The largest absolute Gasteiger partial charge is 0.416 e. The Bertz CT molecular complexity index is 887. The van der Waals surface area contributed by atoms with Crippen molar-refractivity contribution in [3.05, 3.63) is 82.0 Å². The summed E-state index contributed by atoms with van der Waals surface area (Å²) in [4.78, 5) is 15.7. The summed E-state index contributed by atoms with van der Waals surface area (Å²) in [7, 11) is 1.55. The van der Waals surface area contributed by atoms with Crippen molar-refractivity contribution >= 4 is 17.3 Å². The fourth-order valence-corrected chi connectivity index (χ4v) is 2.14. The lowest BCUT2D eigenvalue weighted by molar-refractivity contribution is -0.137. The molecule has 0 aliphatic heterocycles. The first kappa shape index (κ1) is 19.5. The Labute approximate surface area is 152 Å². The highest BCUT2D eigenvalue weighted by atomic mass is 35.5. The highest BCUT2D eigenvalue weighted by Crippen LogP contribution is 2.30. The summed E-state index contributed by atoms with van der Waals surface area (Å²) in [6.45, 7) is 0. The molecule has 0 saturated carbocycles. The summed E-state index contributed by atoms with van der Waals surface area (Å²) >= 11 is 5.82. The Morgan fingerprint density at radius 1 is 1.12 bits per heavy atom. The van der Waals surface area contributed by atoms with Gasteiger partial charge in [-0.05, 0) is 30.3 Å². The van der Waals surface area contributed by atoms with Crippen molar-refractivity contribution in [3.63, 3.8) is 0 Å². The fraction of sp³-hybridized carbons (Fsp3) is 0.118. The maximum absolute atomic E-state index is 12.6. The third-order valence-electron chi connectivity index (χ3n) is 3.17. The molecule has 5 nitrogen and oxygen atoms in total. The minimum atomic E-state index is -4.49. The molecule has 0 spiro atoms. The van der Waals surface area contributed by atoms with E-state index in [-0.39, 0.29) is 10.7 Å². The molecular weight excluding hydrogens is 369 g/mol. The van der Waals surface area contributed by atoms with Crippen molar-refractivity contribution in [3.8, 4) is 5.69 Å². The van der Waals surface area contributed by atoms with E-state index in [9.17, 15) is 18.0 Å². The van der Waals surface area contributed by atoms with Crippen LogP contribution in [0, 0.1) is 0 Å². The molecule has 0 unspecified atom stereocenters. The molecule has 9 heteroatoms. The molecule has 0 saturated heterocycles. The summed E-state index contributed by atoms with van der Waals surface area (Å²) < 4.78 is 38.7. The molecule has 26 heavy (non-hydrogen) atoms. The lowest BCUT2D eigenvalue weighted by atomic mass is 10.2. The second-order valence-electron chi connectivity index (χ2n) is 4.91. The van der Waals surface area contributed by atoms with Crippen molar-refractivity contribution in [1.82, 2.24) is 14.8 Å². The fourth-order valence-electron chi connectivity index (χ4n) is 1.92. The van der Waals surface area contributed by atoms with Gasteiger partial charge in [-0.2, -0.15) is 23.0 Å². The van der Waals surface area contributed by atoms with Crippen LogP contribution in [-0.4, -0.2) is 21.8 Å². The van der Waals surface area contributed by atoms with E-state index in [0.29, 0.717) is 5.69 Å². The molecular formula is C17H14ClF3N4O. The van der Waals surface area contributed by atoms with E-state index in [1.807, 2.05) is 18.2 Å². The Morgan fingerprint density at radius 3 is 2.31 bits per heavy atom. The highest BCUT2D eigenvalue weighted by molar-refractivity contribution is 6.32. The first-order chi connectivity index (χ1) is 12.3. The van der Waals surface area contributed by atoms with Gasteiger partial charge in [0.15, 0.2) is 0 Å². The van der Waals surface area contributed by atoms with Gasteiger partial charge in [0.25, 0.3) is 5.56 Å². The van der Waals surface area contributed by atoms with Gasteiger partial charge in [0.1, 0.15) is 5.02 Å². The van der Waals surface area contributed by atoms with E-state index in [1.165, 1.54) is 18.3 Å². The van der Waals surface area contributed by atoms with Crippen molar-refractivity contribution in [2.75, 3.05) is 12.4 Å². The van der Waals surface area contributed by atoms with E-state index < -0.39 is 17.3 Å². The summed E-state index contributed by atoms with van der Waals surface area (Å²) in [6, 6.07) is 10.0. The number of anilines is 1. The van der Waals surface area contributed by atoms with Crippen LogP contribution < -0.4 is 10.9 Å². The Morgan fingerprint density at radius 2 is 1.81 bits per heavy atom. The van der Waals surface area contributed by atoms with Crippen LogP contribution in [0.1, 0.15) is 5.56 Å². The smallest absolute Gasteiger partial charge is 0.385 e. The van der Waals surface area contributed by atoms with Gasteiger partial charge in [-0.15, -0.1) is 0 Å². The number of pyridine rings is 1. The van der Waals surface area contributed by atoms with Crippen molar-refractivity contribution in [2.24, 2.45) is 0 Å². The molecule has 3 aromatic rings. The monoisotopic (exact) mass is 382 g/mol. The third-order valence-corrected chi connectivity index (χ3v) is 3.54. The average molecular weight is 383 g/mol. The van der Waals surface area contributed by atoms with E-state index in [2.05, 4.69) is 15.4 Å². The van der Waals surface area contributed by atoms with Gasteiger partial charge in [-0.1, -0.05) is 23.7 Å². The molecule has 2 heterocycles. The molecule has 1 N–H and O–H groups in total. The van der Waals surface area contributed by atoms with Gasteiger partial charge < -0.3 is 5.32 Å². The zero-order chi connectivity index (χ0) is 19.2. The van der Waals surface area contributed by atoms with Crippen LogP contribution >= 0.6 is 11.6 Å². The number of hydrogen-bond donors (Lipinski definition) is 1. The predicted molar refractivity (Wildman–Crippen MR) is 93.6 cm³/mol. The van der Waals surface area contributed by atoms with Gasteiger partial charge in [0.05, 0.1) is 23.1 Å². The number of halogens is 4. The molecule has 0 atom stereocenters. The Kier molecular flexibility index (Phi) is 6.35. The van der Waals surface area contributed by atoms with Crippen LogP contribution in [-0.2, 0) is 6.18 Å². The Hall–Kier alpha value is -2.87. The minimum Gasteiger partial charge on any atom is -0.385 e. The van der Waals surface area contributed by atoms with Crippen LogP contribution in [0.3, 0.4) is 0 Å².